The third kappa shape index (κ3) is 3.01. The first-order chi connectivity index (χ1) is 12.2. The van der Waals surface area contributed by atoms with Crippen LogP contribution >= 0.6 is 0 Å². The first kappa shape index (κ1) is 17.5. The zero-order valence-electron chi connectivity index (χ0n) is 13.3. The molecule has 134 valence electrons. The number of rotatable bonds is 2. The molecule has 3 rings (SSSR count). The van der Waals surface area contributed by atoms with Crippen LogP contribution in [0.1, 0.15) is 15.9 Å². The van der Waals surface area contributed by atoms with Crippen LogP contribution in [-0.2, 0) is 10.9 Å². The van der Waals surface area contributed by atoms with Crippen molar-refractivity contribution in [2.24, 2.45) is 0 Å². The molecule has 0 aliphatic heterocycles. The molecule has 0 saturated heterocycles. The number of ether oxygens (including phenoxy) is 1. The number of aromatic hydroxyl groups is 1. The lowest BCUT2D eigenvalue weighted by Gasteiger charge is -2.09. The second-order valence-electron chi connectivity index (χ2n) is 5.39. The highest BCUT2D eigenvalue weighted by molar-refractivity contribution is 5.99. The number of carbonyl (C=O) groups is 1. The molecule has 1 aromatic heterocycles. The maximum absolute atomic E-state index is 12.7. The second kappa shape index (κ2) is 6.21. The van der Waals surface area contributed by atoms with Crippen molar-refractivity contribution in [2.45, 2.75) is 6.18 Å². The molecule has 0 fully saturated rings. The third-order valence-electron chi connectivity index (χ3n) is 3.81. The Kier molecular flexibility index (Phi) is 4.19. The standard InChI is InChI=1S/C18H11F3O5/c1-25-16(23)14-15(22)12-8-10(4-7-13(12)26-17(14)24)9-2-5-11(6-3-9)18(19,20)21/h2-8,22H,1H3. The number of carbonyl (C=O) groups excluding carboxylic acids is 1. The highest BCUT2D eigenvalue weighted by atomic mass is 19.4. The van der Waals surface area contributed by atoms with Gasteiger partial charge in [0.15, 0.2) is 5.56 Å². The Labute approximate surface area is 144 Å². The van der Waals surface area contributed by atoms with Crippen LogP contribution in [0.5, 0.6) is 5.75 Å². The average Bonchev–Trinajstić information content (AvgIpc) is 2.60. The van der Waals surface area contributed by atoms with E-state index in [0.29, 0.717) is 11.1 Å². The largest absolute Gasteiger partial charge is 0.506 e. The molecule has 3 aromatic rings. The molecule has 0 aliphatic rings. The van der Waals surface area contributed by atoms with E-state index >= 15 is 0 Å². The van der Waals surface area contributed by atoms with Crippen LogP contribution < -0.4 is 5.63 Å². The number of alkyl halides is 3. The molecule has 0 radical (unpaired) electrons. The van der Waals surface area contributed by atoms with Crippen molar-refractivity contribution in [3.8, 4) is 16.9 Å². The summed E-state index contributed by atoms with van der Waals surface area (Å²) in [5, 5.41) is 10.3. The van der Waals surface area contributed by atoms with Gasteiger partial charge in [0.2, 0.25) is 0 Å². The molecule has 1 heterocycles. The summed E-state index contributed by atoms with van der Waals surface area (Å²) in [7, 11) is 1.05. The van der Waals surface area contributed by atoms with Crippen LogP contribution in [-0.4, -0.2) is 18.2 Å². The Balaban J connectivity index is 2.14. The Morgan fingerprint density at radius 1 is 1.08 bits per heavy atom. The summed E-state index contributed by atoms with van der Waals surface area (Å²) in [6, 6.07) is 8.73. The van der Waals surface area contributed by atoms with E-state index in [0.717, 1.165) is 19.2 Å². The summed E-state index contributed by atoms with van der Waals surface area (Å²) in [5.41, 5.74) is -1.55. The van der Waals surface area contributed by atoms with Crippen LogP contribution in [0.4, 0.5) is 13.2 Å². The van der Waals surface area contributed by atoms with Crippen molar-refractivity contribution in [1.29, 1.82) is 0 Å². The van der Waals surface area contributed by atoms with E-state index in [2.05, 4.69) is 4.74 Å². The molecule has 8 heteroatoms. The fraction of sp³-hybridized carbons (Fsp3) is 0.111. The summed E-state index contributed by atoms with van der Waals surface area (Å²) >= 11 is 0. The quantitative estimate of drug-likeness (QED) is 0.550. The summed E-state index contributed by atoms with van der Waals surface area (Å²) in [6.07, 6.45) is -4.45. The SMILES string of the molecule is COC(=O)c1c(O)c2cc(-c3ccc(C(F)(F)F)cc3)ccc2oc1=O. The number of esters is 1. The third-order valence-corrected chi connectivity index (χ3v) is 3.81. The van der Waals surface area contributed by atoms with Crippen molar-refractivity contribution in [2.75, 3.05) is 7.11 Å². The number of fused-ring (bicyclic) bond motifs is 1. The van der Waals surface area contributed by atoms with Crippen LogP contribution in [0.15, 0.2) is 51.7 Å². The van der Waals surface area contributed by atoms with E-state index in [1.165, 1.54) is 30.3 Å². The normalized spacial score (nSPS) is 11.5. The van der Waals surface area contributed by atoms with Gasteiger partial charge in [-0.15, -0.1) is 0 Å². The maximum atomic E-state index is 12.7. The Hall–Kier alpha value is -3.29. The minimum atomic E-state index is -4.45. The monoisotopic (exact) mass is 364 g/mol. The molecule has 0 atom stereocenters. The zero-order chi connectivity index (χ0) is 19.1. The predicted molar refractivity (Wildman–Crippen MR) is 85.9 cm³/mol. The van der Waals surface area contributed by atoms with E-state index < -0.39 is 34.6 Å². The van der Waals surface area contributed by atoms with Crippen LogP contribution in [0.3, 0.4) is 0 Å². The van der Waals surface area contributed by atoms with Gasteiger partial charge in [-0.3, -0.25) is 0 Å². The fourth-order valence-electron chi connectivity index (χ4n) is 2.50. The molecule has 0 aliphatic carbocycles. The van der Waals surface area contributed by atoms with E-state index in [1.807, 2.05) is 0 Å². The molecular weight excluding hydrogens is 353 g/mol. The van der Waals surface area contributed by atoms with Gasteiger partial charge < -0.3 is 14.3 Å². The zero-order valence-corrected chi connectivity index (χ0v) is 13.3. The molecular formula is C18H11F3O5. The molecule has 0 bridgehead atoms. The second-order valence-corrected chi connectivity index (χ2v) is 5.39. The molecule has 26 heavy (non-hydrogen) atoms. The van der Waals surface area contributed by atoms with Gasteiger partial charge in [-0.1, -0.05) is 18.2 Å². The molecule has 0 saturated carbocycles. The van der Waals surface area contributed by atoms with Gasteiger partial charge in [0, 0.05) is 0 Å². The van der Waals surface area contributed by atoms with Gasteiger partial charge in [0.25, 0.3) is 0 Å². The topological polar surface area (TPSA) is 76.7 Å². The smallest absolute Gasteiger partial charge is 0.416 e. The van der Waals surface area contributed by atoms with Gasteiger partial charge >= 0.3 is 17.8 Å². The van der Waals surface area contributed by atoms with Crippen LogP contribution in [0.25, 0.3) is 22.1 Å². The maximum Gasteiger partial charge on any atom is 0.416 e. The van der Waals surface area contributed by atoms with E-state index in [1.54, 1.807) is 0 Å². The number of methoxy groups -OCH3 is 1. The molecule has 0 amide bonds. The lowest BCUT2D eigenvalue weighted by molar-refractivity contribution is -0.137. The Bertz CT molecular complexity index is 1050. The van der Waals surface area contributed by atoms with E-state index in [9.17, 15) is 27.9 Å². The molecule has 0 spiro atoms. The Morgan fingerprint density at radius 3 is 2.27 bits per heavy atom. The summed E-state index contributed by atoms with van der Waals surface area (Å²) in [5.74, 6) is -1.67. The lowest BCUT2D eigenvalue weighted by Crippen LogP contribution is -2.15. The highest BCUT2D eigenvalue weighted by Crippen LogP contribution is 2.33. The summed E-state index contributed by atoms with van der Waals surface area (Å²) in [4.78, 5) is 23.4. The predicted octanol–water partition coefficient (Wildman–Crippen LogP) is 3.97. The minimum absolute atomic E-state index is 0.0239. The molecule has 0 unspecified atom stereocenters. The summed E-state index contributed by atoms with van der Waals surface area (Å²) in [6.45, 7) is 0. The highest BCUT2D eigenvalue weighted by Gasteiger charge is 2.30. The van der Waals surface area contributed by atoms with E-state index in [4.69, 9.17) is 4.42 Å². The van der Waals surface area contributed by atoms with Gasteiger partial charge in [-0.25, -0.2) is 9.59 Å². The van der Waals surface area contributed by atoms with Gasteiger partial charge in [-0.2, -0.15) is 13.2 Å². The molecule has 2 aromatic carbocycles. The van der Waals surface area contributed by atoms with Crippen molar-refractivity contribution in [1.82, 2.24) is 0 Å². The average molecular weight is 364 g/mol. The van der Waals surface area contributed by atoms with Crippen molar-refractivity contribution < 1.29 is 32.2 Å². The van der Waals surface area contributed by atoms with Crippen LogP contribution in [0, 0.1) is 0 Å². The van der Waals surface area contributed by atoms with Gasteiger partial charge in [0.1, 0.15) is 11.3 Å². The first-order valence-corrected chi connectivity index (χ1v) is 7.28. The number of halogens is 3. The molecule has 5 nitrogen and oxygen atoms in total. The lowest BCUT2D eigenvalue weighted by atomic mass is 10.0. The number of benzene rings is 2. The van der Waals surface area contributed by atoms with E-state index in [-0.39, 0.29) is 11.0 Å². The van der Waals surface area contributed by atoms with Gasteiger partial charge in [0.05, 0.1) is 18.1 Å². The molecule has 1 N–H and O–H groups in total. The number of hydrogen-bond donors (Lipinski definition) is 1. The summed E-state index contributed by atoms with van der Waals surface area (Å²) < 4.78 is 47.4. The van der Waals surface area contributed by atoms with Crippen molar-refractivity contribution in [3.05, 3.63) is 64.0 Å². The van der Waals surface area contributed by atoms with Crippen LogP contribution in [0.2, 0.25) is 0 Å². The van der Waals surface area contributed by atoms with Crippen molar-refractivity contribution in [3.63, 3.8) is 0 Å². The fourth-order valence-corrected chi connectivity index (χ4v) is 2.50. The Morgan fingerprint density at radius 2 is 1.69 bits per heavy atom. The first-order valence-electron chi connectivity index (χ1n) is 7.28. The van der Waals surface area contributed by atoms with Gasteiger partial charge in [-0.05, 0) is 35.4 Å². The number of hydrogen-bond acceptors (Lipinski definition) is 5. The minimum Gasteiger partial charge on any atom is -0.506 e. The van der Waals surface area contributed by atoms with Crippen molar-refractivity contribution >= 4 is 16.9 Å².